The van der Waals surface area contributed by atoms with E-state index in [0.717, 1.165) is 5.01 Å². The molecule has 1 aliphatic rings. The van der Waals surface area contributed by atoms with E-state index in [0.29, 0.717) is 5.69 Å². The minimum absolute atomic E-state index is 0.0761. The van der Waals surface area contributed by atoms with Gasteiger partial charge in [0.2, 0.25) is 5.91 Å². The van der Waals surface area contributed by atoms with E-state index in [4.69, 9.17) is 4.74 Å². The van der Waals surface area contributed by atoms with Crippen molar-refractivity contribution in [3.8, 4) is 0 Å². The molecule has 2 aromatic rings. The Morgan fingerprint density at radius 3 is 2.45 bits per heavy atom. The summed E-state index contributed by atoms with van der Waals surface area (Å²) in [7, 11) is 0. The van der Waals surface area contributed by atoms with Crippen molar-refractivity contribution in [3.05, 3.63) is 70.3 Å². The number of amides is 2. The molecule has 1 unspecified atom stereocenters. The zero-order valence-electron chi connectivity index (χ0n) is 18.3. The summed E-state index contributed by atoms with van der Waals surface area (Å²) in [6, 6.07) is 13.5. The van der Waals surface area contributed by atoms with Gasteiger partial charge in [0.25, 0.3) is 11.6 Å². The highest BCUT2D eigenvalue weighted by Gasteiger charge is 2.30. The molecule has 0 saturated carbocycles. The Labute approximate surface area is 190 Å². The molecule has 33 heavy (non-hydrogen) atoms. The van der Waals surface area contributed by atoms with E-state index in [2.05, 4.69) is 10.4 Å². The van der Waals surface area contributed by atoms with E-state index in [1.807, 2.05) is 0 Å². The molecule has 0 aliphatic carbocycles. The fraction of sp³-hybridized carbons (Fsp3) is 0.304. The molecule has 172 valence electrons. The predicted octanol–water partition coefficient (Wildman–Crippen LogP) is 3.28. The maximum absolute atomic E-state index is 13.0. The molecule has 2 aromatic carbocycles. The Hall–Kier alpha value is -4.08. The summed E-state index contributed by atoms with van der Waals surface area (Å²) < 4.78 is 5.18. The molecule has 1 aliphatic heterocycles. The second-order valence-corrected chi connectivity index (χ2v) is 7.67. The Morgan fingerprint density at radius 1 is 1.12 bits per heavy atom. The molecule has 10 heteroatoms. The van der Waals surface area contributed by atoms with E-state index in [1.54, 1.807) is 50.2 Å². The highest BCUT2D eigenvalue weighted by Crippen LogP contribution is 2.28. The number of carbonyl (C=O) groups excluding carboxylic acids is 3. The van der Waals surface area contributed by atoms with E-state index < -0.39 is 22.8 Å². The van der Waals surface area contributed by atoms with Crippen LogP contribution >= 0.6 is 0 Å². The normalized spacial score (nSPS) is 14.5. The third-order valence-electron chi connectivity index (χ3n) is 4.85. The van der Waals surface area contributed by atoms with E-state index >= 15 is 0 Å². The lowest BCUT2D eigenvalue weighted by molar-refractivity contribution is -0.385. The Morgan fingerprint density at radius 2 is 1.79 bits per heavy atom. The minimum Gasteiger partial charge on any atom is -0.463 e. The van der Waals surface area contributed by atoms with Gasteiger partial charge in [-0.2, -0.15) is 5.10 Å². The van der Waals surface area contributed by atoms with Crippen LogP contribution in [0.5, 0.6) is 0 Å². The van der Waals surface area contributed by atoms with Gasteiger partial charge in [-0.3, -0.25) is 24.5 Å². The monoisotopic (exact) mass is 452 g/mol. The number of hydrogen-bond acceptors (Lipinski definition) is 7. The third-order valence-corrected chi connectivity index (χ3v) is 4.85. The lowest BCUT2D eigenvalue weighted by Gasteiger charge is -2.24. The summed E-state index contributed by atoms with van der Waals surface area (Å²) in [6.45, 7) is 3.37. The maximum Gasteiger partial charge on any atom is 0.308 e. The smallest absolute Gasteiger partial charge is 0.308 e. The number of carbonyl (C=O) groups is 3. The number of para-hydroxylation sites is 2. The zero-order chi connectivity index (χ0) is 24.0. The van der Waals surface area contributed by atoms with Gasteiger partial charge >= 0.3 is 5.97 Å². The summed E-state index contributed by atoms with van der Waals surface area (Å²) in [4.78, 5) is 48.7. The first-order valence-corrected chi connectivity index (χ1v) is 10.5. The van der Waals surface area contributed by atoms with Crippen LogP contribution in [0.4, 0.5) is 11.4 Å². The van der Waals surface area contributed by atoms with Crippen LogP contribution in [0.2, 0.25) is 0 Å². The van der Waals surface area contributed by atoms with Crippen molar-refractivity contribution in [1.29, 1.82) is 0 Å². The van der Waals surface area contributed by atoms with Gasteiger partial charge in [-0.25, -0.2) is 5.01 Å². The molecule has 0 spiro atoms. The number of esters is 1. The molecule has 1 heterocycles. The van der Waals surface area contributed by atoms with Crippen LogP contribution in [0.3, 0.4) is 0 Å². The molecule has 0 aromatic heterocycles. The standard InChI is InChI=1S/C23H24N4O6/c1-15(2)33-22(29)14-19(17-10-6-7-11-20(17)27(31)32)24-23(30)18-12-13-21(28)26(25-18)16-8-4-3-5-9-16/h3-11,15,19H,12-14H2,1-2H3,(H,24,30). The molecule has 2 amide bonds. The number of nitro groups is 1. The lowest BCUT2D eigenvalue weighted by atomic mass is 10.0. The van der Waals surface area contributed by atoms with E-state index in [1.165, 1.54) is 18.2 Å². The number of rotatable bonds is 8. The van der Waals surface area contributed by atoms with Crippen molar-refractivity contribution >= 4 is 34.9 Å². The van der Waals surface area contributed by atoms with Crippen molar-refractivity contribution in [3.63, 3.8) is 0 Å². The number of nitrogens with one attached hydrogen (secondary N) is 1. The molecule has 10 nitrogen and oxygen atoms in total. The first kappa shape index (κ1) is 23.6. The number of hydrogen-bond donors (Lipinski definition) is 1. The van der Waals surface area contributed by atoms with E-state index in [-0.39, 0.29) is 48.2 Å². The topological polar surface area (TPSA) is 131 Å². The number of nitro benzene ring substituents is 1. The van der Waals surface area contributed by atoms with Crippen LogP contribution in [0, 0.1) is 10.1 Å². The molecule has 3 rings (SSSR count). The SMILES string of the molecule is CC(C)OC(=O)CC(NC(=O)C1=NN(c2ccccc2)C(=O)CC1)c1ccccc1[N+](=O)[O-]. The number of hydrazone groups is 1. The molecule has 1 N–H and O–H groups in total. The minimum atomic E-state index is -1.02. The summed E-state index contributed by atoms with van der Waals surface area (Å²) in [5, 5.41) is 19.6. The van der Waals surface area contributed by atoms with Crippen molar-refractivity contribution in [1.82, 2.24) is 5.32 Å². The van der Waals surface area contributed by atoms with Crippen LogP contribution in [0.25, 0.3) is 0 Å². The van der Waals surface area contributed by atoms with Gasteiger partial charge in [-0.15, -0.1) is 0 Å². The van der Waals surface area contributed by atoms with Gasteiger partial charge in [-0.05, 0) is 26.0 Å². The first-order valence-electron chi connectivity index (χ1n) is 10.5. The highest BCUT2D eigenvalue weighted by molar-refractivity contribution is 6.40. The average Bonchev–Trinajstić information content (AvgIpc) is 2.79. The van der Waals surface area contributed by atoms with Gasteiger partial charge in [0.15, 0.2) is 0 Å². The number of anilines is 1. The van der Waals surface area contributed by atoms with Gasteiger partial charge in [0.05, 0.1) is 34.7 Å². The summed E-state index contributed by atoms with van der Waals surface area (Å²) >= 11 is 0. The maximum atomic E-state index is 13.0. The molecule has 0 fully saturated rings. The molecule has 1 atom stereocenters. The predicted molar refractivity (Wildman–Crippen MR) is 120 cm³/mol. The van der Waals surface area contributed by atoms with Crippen molar-refractivity contribution < 1.29 is 24.0 Å². The highest BCUT2D eigenvalue weighted by atomic mass is 16.6. The van der Waals surface area contributed by atoms with Crippen molar-refractivity contribution in [2.24, 2.45) is 5.10 Å². The van der Waals surface area contributed by atoms with Crippen LogP contribution in [0.1, 0.15) is 44.7 Å². The molecule has 0 bridgehead atoms. The summed E-state index contributed by atoms with van der Waals surface area (Å²) in [5.74, 6) is -1.49. The Kier molecular flexibility index (Phi) is 7.50. The third kappa shape index (κ3) is 6.00. The number of ether oxygens (including phenoxy) is 1. The van der Waals surface area contributed by atoms with Crippen LogP contribution < -0.4 is 10.3 Å². The first-order chi connectivity index (χ1) is 15.8. The number of nitrogens with zero attached hydrogens (tertiary/aromatic N) is 3. The average molecular weight is 452 g/mol. The van der Waals surface area contributed by atoms with Crippen molar-refractivity contribution in [2.45, 2.75) is 45.3 Å². The van der Waals surface area contributed by atoms with Gasteiger partial charge in [-0.1, -0.05) is 36.4 Å². The quantitative estimate of drug-likeness (QED) is 0.371. The Balaban J connectivity index is 1.89. The Bertz CT molecular complexity index is 1080. The fourth-order valence-electron chi connectivity index (χ4n) is 3.39. The van der Waals surface area contributed by atoms with Crippen LogP contribution in [-0.4, -0.2) is 34.5 Å². The van der Waals surface area contributed by atoms with Gasteiger partial charge in [0, 0.05) is 18.9 Å². The summed E-state index contributed by atoms with van der Waals surface area (Å²) in [5.41, 5.74) is 0.540. The molecular formula is C23H24N4O6. The second-order valence-electron chi connectivity index (χ2n) is 7.67. The van der Waals surface area contributed by atoms with Gasteiger partial charge in [0.1, 0.15) is 5.71 Å². The number of benzene rings is 2. The largest absolute Gasteiger partial charge is 0.463 e. The summed E-state index contributed by atoms with van der Waals surface area (Å²) in [6.07, 6.45) is -0.503. The lowest BCUT2D eigenvalue weighted by Crippen LogP contribution is -2.41. The molecular weight excluding hydrogens is 428 g/mol. The fourth-order valence-corrected chi connectivity index (χ4v) is 3.39. The van der Waals surface area contributed by atoms with E-state index in [9.17, 15) is 24.5 Å². The van der Waals surface area contributed by atoms with Gasteiger partial charge < -0.3 is 10.1 Å². The zero-order valence-corrected chi connectivity index (χ0v) is 18.3. The second kappa shape index (κ2) is 10.5. The van der Waals surface area contributed by atoms with Crippen LogP contribution in [-0.2, 0) is 19.1 Å². The molecule has 0 radical (unpaired) electrons. The van der Waals surface area contributed by atoms with Crippen LogP contribution in [0.15, 0.2) is 59.7 Å². The van der Waals surface area contributed by atoms with Crippen molar-refractivity contribution in [2.75, 3.05) is 5.01 Å². The molecule has 0 saturated heterocycles.